The number of rotatable bonds is 3. The molecule has 1 unspecified atom stereocenters. The number of nitrogens with zero attached hydrogens (tertiary/aromatic N) is 4. The number of piperidine rings is 1. The molecule has 0 radical (unpaired) electrons. The van der Waals surface area contributed by atoms with Crippen molar-refractivity contribution in [3.8, 4) is 11.4 Å². The SMILES string of the molecule is Cn1cccc1C(=O)N1CCCC(c2nc(-c3ccc(F)cc3)n[nH]2)C1. The molecule has 0 spiro atoms. The average Bonchev–Trinajstić information content (AvgIpc) is 3.31. The highest BCUT2D eigenvalue weighted by Crippen LogP contribution is 2.27. The number of aromatic amines is 1. The van der Waals surface area contributed by atoms with E-state index < -0.39 is 0 Å². The molecule has 0 saturated carbocycles. The van der Waals surface area contributed by atoms with Gasteiger partial charge in [-0.05, 0) is 49.2 Å². The van der Waals surface area contributed by atoms with Crippen LogP contribution in [0, 0.1) is 5.82 Å². The first kappa shape index (κ1) is 16.5. The molecule has 0 aliphatic carbocycles. The predicted octanol–water partition coefficient (Wildman–Crippen LogP) is 2.97. The summed E-state index contributed by atoms with van der Waals surface area (Å²) in [7, 11) is 1.88. The van der Waals surface area contributed by atoms with Gasteiger partial charge in [-0.1, -0.05) is 0 Å². The van der Waals surface area contributed by atoms with E-state index in [-0.39, 0.29) is 17.6 Å². The molecule has 1 amide bonds. The van der Waals surface area contributed by atoms with Crippen molar-refractivity contribution < 1.29 is 9.18 Å². The molecule has 26 heavy (non-hydrogen) atoms. The highest BCUT2D eigenvalue weighted by atomic mass is 19.1. The molecular formula is C19H20FN5O. The number of carbonyl (C=O) groups excluding carboxylic acids is 1. The molecule has 4 rings (SSSR count). The summed E-state index contributed by atoms with van der Waals surface area (Å²) < 4.78 is 14.9. The van der Waals surface area contributed by atoms with Gasteiger partial charge in [-0.15, -0.1) is 0 Å². The van der Waals surface area contributed by atoms with Gasteiger partial charge in [-0.25, -0.2) is 9.37 Å². The molecule has 134 valence electrons. The summed E-state index contributed by atoms with van der Waals surface area (Å²) in [5.74, 6) is 1.20. The molecule has 3 aromatic rings. The smallest absolute Gasteiger partial charge is 0.270 e. The molecule has 1 aliphatic heterocycles. The average molecular weight is 353 g/mol. The fourth-order valence-corrected chi connectivity index (χ4v) is 3.42. The van der Waals surface area contributed by atoms with E-state index in [4.69, 9.17) is 0 Å². The summed E-state index contributed by atoms with van der Waals surface area (Å²) >= 11 is 0. The first-order valence-corrected chi connectivity index (χ1v) is 8.70. The van der Waals surface area contributed by atoms with Crippen LogP contribution >= 0.6 is 0 Å². The lowest BCUT2D eigenvalue weighted by molar-refractivity contribution is 0.0695. The molecular weight excluding hydrogens is 333 g/mol. The molecule has 1 aliphatic rings. The van der Waals surface area contributed by atoms with Crippen molar-refractivity contribution in [3.63, 3.8) is 0 Å². The third-order valence-electron chi connectivity index (χ3n) is 4.86. The zero-order valence-electron chi connectivity index (χ0n) is 14.5. The number of likely N-dealkylation sites (tertiary alicyclic amines) is 1. The summed E-state index contributed by atoms with van der Waals surface area (Å²) in [6, 6.07) is 9.83. The van der Waals surface area contributed by atoms with Crippen LogP contribution in [0.1, 0.15) is 35.1 Å². The van der Waals surface area contributed by atoms with E-state index in [1.165, 1.54) is 12.1 Å². The molecule has 2 aromatic heterocycles. The van der Waals surface area contributed by atoms with Crippen LogP contribution in [0.15, 0.2) is 42.6 Å². The van der Waals surface area contributed by atoms with Crippen LogP contribution in [-0.2, 0) is 7.05 Å². The fraction of sp³-hybridized carbons (Fsp3) is 0.316. The van der Waals surface area contributed by atoms with Crippen LogP contribution in [0.2, 0.25) is 0 Å². The fourth-order valence-electron chi connectivity index (χ4n) is 3.42. The maximum absolute atomic E-state index is 13.1. The van der Waals surface area contributed by atoms with Crippen LogP contribution in [0.25, 0.3) is 11.4 Å². The van der Waals surface area contributed by atoms with Crippen molar-refractivity contribution in [1.29, 1.82) is 0 Å². The second-order valence-corrected chi connectivity index (χ2v) is 6.65. The quantitative estimate of drug-likeness (QED) is 0.787. The molecule has 0 bridgehead atoms. The van der Waals surface area contributed by atoms with E-state index in [1.807, 2.05) is 34.8 Å². The first-order chi connectivity index (χ1) is 12.6. The molecule has 6 nitrogen and oxygen atoms in total. The Morgan fingerprint density at radius 1 is 1.27 bits per heavy atom. The Morgan fingerprint density at radius 2 is 2.08 bits per heavy atom. The van der Waals surface area contributed by atoms with Crippen LogP contribution < -0.4 is 0 Å². The Hall–Kier alpha value is -2.96. The number of hydrogen-bond donors (Lipinski definition) is 1. The van der Waals surface area contributed by atoms with Crippen LogP contribution in [0.3, 0.4) is 0 Å². The van der Waals surface area contributed by atoms with Gasteiger partial charge >= 0.3 is 0 Å². The van der Waals surface area contributed by atoms with Gasteiger partial charge < -0.3 is 9.47 Å². The summed E-state index contributed by atoms with van der Waals surface area (Å²) in [5, 5.41) is 7.26. The lowest BCUT2D eigenvalue weighted by Crippen LogP contribution is -2.40. The normalized spacial score (nSPS) is 17.5. The largest absolute Gasteiger partial charge is 0.347 e. The van der Waals surface area contributed by atoms with E-state index in [0.29, 0.717) is 18.1 Å². The van der Waals surface area contributed by atoms with E-state index >= 15 is 0 Å². The van der Waals surface area contributed by atoms with E-state index in [2.05, 4.69) is 15.2 Å². The van der Waals surface area contributed by atoms with E-state index in [0.717, 1.165) is 30.8 Å². The predicted molar refractivity (Wildman–Crippen MR) is 95.1 cm³/mol. The summed E-state index contributed by atoms with van der Waals surface area (Å²) in [5.41, 5.74) is 1.46. The second-order valence-electron chi connectivity index (χ2n) is 6.65. The number of halogens is 1. The lowest BCUT2D eigenvalue weighted by atomic mass is 9.97. The third-order valence-corrected chi connectivity index (χ3v) is 4.86. The number of amides is 1. The highest BCUT2D eigenvalue weighted by Gasteiger charge is 2.28. The Labute approximate surface area is 150 Å². The topological polar surface area (TPSA) is 66.8 Å². The van der Waals surface area contributed by atoms with Crippen molar-refractivity contribution in [2.45, 2.75) is 18.8 Å². The maximum Gasteiger partial charge on any atom is 0.270 e. The highest BCUT2D eigenvalue weighted by molar-refractivity contribution is 5.92. The summed E-state index contributed by atoms with van der Waals surface area (Å²) in [4.78, 5) is 19.2. The number of carbonyl (C=O) groups is 1. The van der Waals surface area contributed by atoms with Gasteiger partial charge in [0.2, 0.25) is 0 Å². The van der Waals surface area contributed by atoms with Gasteiger partial charge in [0.25, 0.3) is 5.91 Å². The van der Waals surface area contributed by atoms with Crippen molar-refractivity contribution in [2.75, 3.05) is 13.1 Å². The Morgan fingerprint density at radius 3 is 2.81 bits per heavy atom. The van der Waals surface area contributed by atoms with Crippen molar-refractivity contribution >= 4 is 5.91 Å². The van der Waals surface area contributed by atoms with Crippen LogP contribution in [0.4, 0.5) is 4.39 Å². The van der Waals surface area contributed by atoms with E-state index in [9.17, 15) is 9.18 Å². The second kappa shape index (κ2) is 6.74. The van der Waals surface area contributed by atoms with Gasteiger partial charge in [-0.2, -0.15) is 5.10 Å². The Kier molecular flexibility index (Phi) is 4.28. The van der Waals surface area contributed by atoms with Crippen molar-refractivity contribution in [1.82, 2.24) is 24.6 Å². The number of benzene rings is 1. The zero-order valence-corrected chi connectivity index (χ0v) is 14.5. The molecule has 1 fully saturated rings. The van der Waals surface area contributed by atoms with Crippen LogP contribution in [0.5, 0.6) is 0 Å². The third kappa shape index (κ3) is 3.12. The number of hydrogen-bond acceptors (Lipinski definition) is 3. The number of nitrogens with one attached hydrogen (secondary N) is 1. The first-order valence-electron chi connectivity index (χ1n) is 8.70. The summed E-state index contributed by atoms with van der Waals surface area (Å²) in [6.45, 7) is 1.36. The lowest BCUT2D eigenvalue weighted by Gasteiger charge is -2.31. The van der Waals surface area contributed by atoms with E-state index in [1.54, 1.807) is 12.1 Å². The van der Waals surface area contributed by atoms with Crippen molar-refractivity contribution in [2.24, 2.45) is 7.05 Å². The van der Waals surface area contributed by atoms with Gasteiger partial charge in [0.15, 0.2) is 5.82 Å². The van der Waals surface area contributed by atoms with Crippen molar-refractivity contribution in [3.05, 3.63) is 59.9 Å². The molecule has 1 atom stereocenters. The minimum atomic E-state index is -0.286. The Bertz CT molecular complexity index is 914. The molecule has 7 heteroatoms. The zero-order chi connectivity index (χ0) is 18.1. The molecule has 3 heterocycles. The Balaban J connectivity index is 1.51. The van der Waals surface area contributed by atoms with Gasteiger partial charge in [0.1, 0.15) is 17.3 Å². The van der Waals surface area contributed by atoms with Gasteiger partial charge in [-0.3, -0.25) is 9.89 Å². The number of aromatic nitrogens is 4. The number of H-pyrrole nitrogens is 1. The van der Waals surface area contributed by atoms with Gasteiger partial charge in [0.05, 0.1) is 0 Å². The standard InChI is InChI=1S/C19H20FN5O/c1-24-10-3-5-16(24)19(26)25-11-2-4-14(12-25)18-21-17(22-23-18)13-6-8-15(20)9-7-13/h3,5-10,14H,2,4,11-12H2,1H3,(H,21,22,23). The summed E-state index contributed by atoms with van der Waals surface area (Å²) in [6.07, 6.45) is 3.75. The maximum atomic E-state index is 13.1. The van der Waals surface area contributed by atoms with Crippen LogP contribution in [-0.4, -0.2) is 43.6 Å². The number of aryl methyl sites for hydroxylation is 1. The molecule has 1 aromatic carbocycles. The molecule has 1 saturated heterocycles. The molecule has 1 N–H and O–H groups in total. The van der Waals surface area contributed by atoms with Gasteiger partial charge in [0, 0.05) is 37.8 Å². The monoisotopic (exact) mass is 353 g/mol. The minimum absolute atomic E-state index is 0.0421. The minimum Gasteiger partial charge on any atom is -0.347 e.